The number of hydrogen-bond acceptors (Lipinski definition) is 3. The minimum Gasteiger partial charge on any atom is -0.367 e. The summed E-state index contributed by atoms with van der Waals surface area (Å²) in [7, 11) is 0. The van der Waals surface area contributed by atoms with E-state index in [1.54, 1.807) is 6.07 Å². The van der Waals surface area contributed by atoms with Gasteiger partial charge >= 0.3 is 0 Å². The first kappa shape index (κ1) is 18.6. The molecule has 27 heavy (non-hydrogen) atoms. The summed E-state index contributed by atoms with van der Waals surface area (Å²) in [6.07, 6.45) is 5.34. The highest BCUT2D eigenvalue weighted by atomic mass is 35.5. The van der Waals surface area contributed by atoms with Gasteiger partial charge in [0.2, 0.25) is 0 Å². The molecule has 2 heterocycles. The first-order chi connectivity index (χ1) is 13.0. The van der Waals surface area contributed by atoms with Gasteiger partial charge in [-0.25, -0.2) is 4.98 Å². The first-order valence-corrected chi connectivity index (χ1v) is 10.4. The van der Waals surface area contributed by atoms with Crippen molar-refractivity contribution >= 4 is 34.7 Å². The number of halogens is 2. The molecular weight excluding hydrogens is 379 g/mol. The van der Waals surface area contributed by atoms with Crippen LogP contribution < -0.4 is 5.32 Å². The van der Waals surface area contributed by atoms with Crippen molar-refractivity contribution in [1.82, 2.24) is 14.6 Å². The third kappa shape index (κ3) is 3.19. The van der Waals surface area contributed by atoms with Crippen LogP contribution in [0.1, 0.15) is 50.1 Å². The van der Waals surface area contributed by atoms with E-state index in [2.05, 4.69) is 19.2 Å². The minimum absolute atomic E-state index is 0.419. The van der Waals surface area contributed by atoms with Crippen molar-refractivity contribution in [3.8, 4) is 11.1 Å². The molecule has 1 aliphatic carbocycles. The van der Waals surface area contributed by atoms with Crippen LogP contribution in [0.15, 0.2) is 18.2 Å². The summed E-state index contributed by atoms with van der Waals surface area (Å²) in [5.41, 5.74) is 6.09. The van der Waals surface area contributed by atoms with E-state index < -0.39 is 0 Å². The van der Waals surface area contributed by atoms with Crippen LogP contribution in [0.2, 0.25) is 10.0 Å². The van der Waals surface area contributed by atoms with Crippen LogP contribution in [-0.2, 0) is 12.8 Å². The molecule has 0 atom stereocenters. The first-order valence-electron chi connectivity index (χ1n) is 9.66. The van der Waals surface area contributed by atoms with Gasteiger partial charge in [-0.05, 0) is 57.2 Å². The largest absolute Gasteiger partial charge is 0.367 e. The summed E-state index contributed by atoms with van der Waals surface area (Å²) in [6.45, 7) is 6.43. The predicted octanol–water partition coefficient (Wildman–Crippen LogP) is 6.10. The lowest BCUT2D eigenvalue weighted by molar-refractivity contribution is 0.661. The van der Waals surface area contributed by atoms with Crippen LogP contribution in [0.25, 0.3) is 16.8 Å². The maximum Gasteiger partial charge on any atom is 0.165 e. The molecule has 4 rings (SSSR count). The molecule has 0 saturated carbocycles. The number of rotatable bonds is 5. The second-order valence-corrected chi connectivity index (χ2v) is 8.06. The fourth-order valence-electron chi connectivity index (χ4n) is 3.97. The van der Waals surface area contributed by atoms with Crippen LogP contribution in [-0.4, -0.2) is 20.6 Å². The average Bonchev–Trinajstić information content (AvgIpc) is 3.24. The molecule has 142 valence electrons. The number of benzene rings is 1. The zero-order valence-corrected chi connectivity index (χ0v) is 17.5. The van der Waals surface area contributed by atoms with Crippen LogP contribution >= 0.6 is 23.2 Å². The van der Waals surface area contributed by atoms with Gasteiger partial charge < -0.3 is 5.32 Å². The number of nitrogens with zero attached hydrogens (tertiary/aromatic N) is 3. The Hall–Kier alpha value is -1.78. The van der Waals surface area contributed by atoms with Crippen LogP contribution in [0, 0.1) is 6.92 Å². The molecule has 0 saturated heterocycles. The molecule has 0 bridgehead atoms. The van der Waals surface area contributed by atoms with Gasteiger partial charge in [0.1, 0.15) is 5.82 Å². The van der Waals surface area contributed by atoms with Crippen molar-refractivity contribution in [2.45, 2.75) is 58.9 Å². The van der Waals surface area contributed by atoms with E-state index in [-0.39, 0.29) is 0 Å². The minimum atomic E-state index is 0.419. The SMILES string of the molecule is CCC(CC)Nc1c2c(nc3c(-c4cc(Cl)ccc4Cl)c(C)nn13)CCC2. The summed E-state index contributed by atoms with van der Waals surface area (Å²) < 4.78 is 1.98. The molecule has 3 aromatic rings. The lowest BCUT2D eigenvalue weighted by Gasteiger charge is -2.19. The summed E-state index contributed by atoms with van der Waals surface area (Å²) >= 11 is 12.8. The van der Waals surface area contributed by atoms with Gasteiger partial charge in [-0.1, -0.05) is 37.0 Å². The van der Waals surface area contributed by atoms with Gasteiger partial charge in [-0.2, -0.15) is 9.61 Å². The van der Waals surface area contributed by atoms with Gasteiger partial charge in [0, 0.05) is 32.9 Å². The van der Waals surface area contributed by atoms with Gasteiger partial charge in [-0.15, -0.1) is 0 Å². The second-order valence-electron chi connectivity index (χ2n) is 7.22. The van der Waals surface area contributed by atoms with E-state index in [1.807, 2.05) is 23.6 Å². The number of fused-ring (bicyclic) bond motifs is 2. The Balaban J connectivity index is 1.98. The molecule has 0 radical (unpaired) electrons. The van der Waals surface area contributed by atoms with E-state index in [0.29, 0.717) is 16.1 Å². The molecule has 0 unspecified atom stereocenters. The molecule has 0 aliphatic heterocycles. The Labute approximate surface area is 169 Å². The maximum atomic E-state index is 6.51. The number of nitrogens with one attached hydrogen (secondary N) is 1. The van der Waals surface area contributed by atoms with Crippen molar-refractivity contribution in [2.24, 2.45) is 0 Å². The second kappa shape index (κ2) is 7.33. The summed E-state index contributed by atoms with van der Waals surface area (Å²) in [5, 5.41) is 9.91. The van der Waals surface area contributed by atoms with E-state index in [1.165, 1.54) is 11.3 Å². The Morgan fingerprint density at radius 2 is 1.96 bits per heavy atom. The highest BCUT2D eigenvalue weighted by Gasteiger charge is 2.25. The highest BCUT2D eigenvalue weighted by Crippen LogP contribution is 2.38. The Kier molecular flexibility index (Phi) is 5.04. The molecule has 1 aromatic carbocycles. The fourth-order valence-corrected chi connectivity index (χ4v) is 4.36. The molecule has 6 heteroatoms. The zero-order chi connectivity index (χ0) is 19.1. The van der Waals surface area contributed by atoms with Crippen molar-refractivity contribution in [3.05, 3.63) is 45.2 Å². The average molecular weight is 403 g/mol. The standard InChI is InChI=1S/C21H24Cl2N4/c1-4-14(5-2)24-20-15-7-6-8-18(15)25-21-19(12(3)26-27(20)21)16-11-13(22)9-10-17(16)23/h9-11,14,24H,4-8H2,1-3H3. The molecule has 2 aromatic heterocycles. The Morgan fingerprint density at radius 3 is 2.70 bits per heavy atom. The van der Waals surface area contributed by atoms with Gasteiger partial charge in [-0.3, -0.25) is 0 Å². The molecule has 0 spiro atoms. The highest BCUT2D eigenvalue weighted by molar-refractivity contribution is 6.35. The molecule has 4 nitrogen and oxygen atoms in total. The molecule has 1 aliphatic rings. The zero-order valence-electron chi connectivity index (χ0n) is 15.9. The van der Waals surface area contributed by atoms with Crippen molar-refractivity contribution in [2.75, 3.05) is 5.32 Å². The quantitative estimate of drug-likeness (QED) is 0.560. The van der Waals surface area contributed by atoms with Crippen molar-refractivity contribution in [1.29, 1.82) is 0 Å². The van der Waals surface area contributed by atoms with Crippen LogP contribution in [0.4, 0.5) is 5.82 Å². The third-order valence-electron chi connectivity index (χ3n) is 5.49. The van der Waals surface area contributed by atoms with E-state index in [0.717, 1.165) is 60.4 Å². The Morgan fingerprint density at radius 1 is 1.19 bits per heavy atom. The topological polar surface area (TPSA) is 42.2 Å². The van der Waals surface area contributed by atoms with E-state index in [4.69, 9.17) is 33.3 Å². The normalized spacial score (nSPS) is 13.6. The fraction of sp³-hybridized carbons (Fsp3) is 0.429. The lowest BCUT2D eigenvalue weighted by Crippen LogP contribution is -2.21. The van der Waals surface area contributed by atoms with Gasteiger partial charge in [0.15, 0.2) is 5.65 Å². The molecule has 0 amide bonds. The van der Waals surface area contributed by atoms with Crippen LogP contribution in [0.5, 0.6) is 0 Å². The lowest BCUT2D eigenvalue weighted by atomic mass is 10.1. The molecule has 1 N–H and O–H groups in total. The molecule has 0 fully saturated rings. The van der Waals surface area contributed by atoms with Gasteiger partial charge in [0.25, 0.3) is 0 Å². The predicted molar refractivity (Wildman–Crippen MR) is 113 cm³/mol. The summed E-state index contributed by atoms with van der Waals surface area (Å²) in [6, 6.07) is 5.96. The summed E-state index contributed by atoms with van der Waals surface area (Å²) in [4.78, 5) is 5.00. The number of hydrogen-bond donors (Lipinski definition) is 1. The smallest absolute Gasteiger partial charge is 0.165 e. The summed E-state index contributed by atoms with van der Waals surface area (Å²) in [5.74, 6) is 1.09. The third-order valence-corrected chi connectivity index (χ3v) is 6.05. The monoisotopic (exact) mass is 402 g/mol. The van der Waals surface area contributed by atoms with Crippen molar-refractivity contribution < 1.29 is 0 Å². The van der Waals surface area contributed by atoms with E-state index in [9.17, 15) is 0 Å². The van der Waals surface area contributed by atoms with Crippen molar-refractivity contribution in [3.63, 3.8) is 0 Å². The number of aromatic nitrogens is 3. The number of anilines is 1. The van der Waals surface area contributed by atoms with E-state index >= 15 is 0 Å². The Bertz CT molecular complexity index is 1010. The van der Waals surface area contributed by atoms with Crippen LogP contribution in [0.3, 0.4) is 0 Å². The molecular formula is C21H24Cl2N4. The maximum absolute atomic E-state index is 6.51. The van der Waals surface area contributed by atoms with Gasteiger partial charge in [0.05, 0.1) is 11.3 Å². The number of aryl methyl sites for hydroxylation is 2.